The minimum atomic E-state index is -1.62. The first-order valence-electron chi connectivity index (χ1n) is 9.70. The molecule has 0 bridgehead atoms. The number of aryl methyl sites for hydroxylation is 1. The molecule has 0 aliphatic rings. The largest absolute Gasteiger partial charge is 0.496 e. The molecule has 0 amide bonds. The van der Waals surface area contributed by atoms with Gasteiger partial charge in [-0.25, -0.2) is 4.79 Å². The molecule has 1 aromatic rings. The van der Waals surface area contributed by atoms with Gasteiger partial charge in [0.25, 0.3) is 0 Å². The fourth-order valence-electron chi connectivity index (χ4n) is 3.09. The monoisotopic (exact) mass is 402 g/mol. The zero-order valence-electron chi connectivity index (χ0n) is 15.8. The van der Waals surface area contributed by atoms with Gasteiger partial charge in [0.05, 0.1) is 7.11 Å². The summed E-state index contributed by atoms with van der Waals surface area (Å²) in [5.41, 5.74) is 1.30. The van der Waals surface area contributed by atoms with Crippen molar-refractivity contribution in [3.05, 3.63) is 29.8 Å². The molecule has 148 valence electrons. The summed E-state index contributed by atoms with van der Waals surface area (Å²) in [5.74, 6) is -0.150. The number of rotatable bonds is 15. The van der Waals surface area contributed by atoms with Crippen LogP contribution in [0, 0.1) is 0 Å². The third-order valence-electron chi connectivity index (χ3n) is 4.69. The maximum absolute atomic E-state index is 10.8. The van der Waals surface area contributed by atoms with E-state index in [0.717, 1.165) is 31.4 Å². The van der Waals surface area contributed by atoms with Gasteiger partial charge in [0.2, 0.25) is 4.33 Å². The Labute approximate surface area is 168 Å². The highest BCUT2D eigenvalue weighted by Crippen LogP contribution is 2.28. The zero-order chi connectivity index (χ0) is 19.3. The molecule has 5 heteroatoms. The van der Waals surface area contributed by atoms with Crippen LogP contribution in [0.5, 0.6) is 5.75 Å². The number of hydrogen-bond donors (Lipinski definition) is 1. The van der Waals surface area contributed by atoms with Gasteiger partial charge in [-0.1, -0.05) is 92.8 Å². The number of halogens is 2. The number of hydrogen-bond acceptors (Lipinski definition) is 2. The molecule has 0 saturated carbocycles. The molecule has 0 spiro atoms. The second-order valence-corrected chi connectivity index (χ2v) is 8.34. The molecule has 0 aromatic heterocycles. The van der Waals surface area contributed by atoms with E-state index in [1.54, 1.807) is 7.11 Å². The van der Waals surface area contributed by atoms with Crippen LogP contribution in [-0.2, 0) is 11.2 Å². The summed E-state index contributed by atoms with van der Waals surface area (Å²) < 4.78 is 3.76. The lowest BCUT2D eigenvalue weighted by Crippen LogP contribution is -2.25. The van der Waals surface area contributed by atoms with E-state index in [4.69, 9.17) is 33.0 Å². The Hall–Kier alpha value is -0.930. The molecule has 1 rings (SSSR count). The Balaban J connectivity index is 1.92. The van der Waals surface area contributed by atoms with Crippen LogP contribution in [0.25, 0.3) is 0 Å². The molecule has 0 aliphatic heterocycles. The molecule has 1 aromatic carbocycles. The average Bonchev–Trinajstić information content (AvgIpc) is 2.62. The number of para-hydroxylation sites is 1. The highest BCUT2D eigenvalue weighted by molar-refractivity contribution is 6.57. The highest BCUT2D eigenvalue weighted by atomic mass is 35.5. The third kappa shape index (κ3) is 9.68. The van der Waals surface area contributed by atoms with Crippen molar-refractivity contribution < 1.29 is 14.6 Å². The molecule has 3 nitrogen and oxygen atoms in total. The maximum Gasteiger partial charge on any atom is 0.340 e. The minimum Gasteiger partial charge on any atom is -0.496 e. The first-order valence-corrected chi connectivity index (χ1v) is 10.5. The van der Waals surface area contributed by atoms with E-state index >= 15 is 0 Å². The summed E-state index contributed by atoms with van der Waals surface area (Å²) in [6, 6.07) is 8.25. The van der Waals surface area contributed by atoms with Crippen LogP contribution in [0.1, 0.15) is 76.2 Å². The Kier molecular flexibility index (Phi) is 11.8. The van der Waals surface area contributed by atoms with E-state index in [2.05, 4.69) is 12.1 Å². The molecule has 26 heavy (non-hydrogen) atoms. The molecule has 0 atom stereocenters. The van der Waals surface area contributed by atoms with Crippen LogP contribution in [0.3, 0.4) is 0 Å². The molecular formula is C21H32Cl2O3. The van der Waals surface area contributed by atoms with Crippen LogP contribution >= 0.6 is 23.2 Å². The molecule has 0 unspecified atom stereocenters. The summed E-state index contributed by atoms with van der Waals surface area (Å²) in [4.78, 5) is 10.8. The third-order valence-corrected chi connectivity index (χ3v) is 5.39. The Morgan fingerprint density at radius 3 is 1.96 bits per heavy atom. The van der Waals surface area contributed by atoms with Crippen LogP contribution < -0.4 is 4.74 Å². The van der Waals surface area contributed by atoms with Crippen molar-refractivity contribution in [3.63, 3.8) is 0 Å². The number of benzene rings is 1. The standard InChI is InChI=1S/C21H32Cl2O3/c1-26-19-16-12-11-15-18(19)14-10-8-6-4-2-3-5-7-9-13-17-21(22,23)20(24)25/h11-12,15-16H,2-10,13-14,17H2,1H3,(H,24,25). The van der Waals surface area contributed by atoms with Gasteiger partial charge in [-0.2, -0.15) is 0 Å². The minimum absolute atomic E-state index is 0.317. The predicted octanol–water partition coefficient (Wildman–Crippen LogP) is 6.79. The van der Waals surface area contributed by atoms with Gasteiger partial charge in [0.15, 0.2) is 0 Å². The van der Waals surface area contributed by atoms with Crippen molar-refractivity contribution in [1.82, 2.24) is 0 Å². The van der Waals surface area contributed by atoms with Gasteiger partial charge < -0.3 is 9.84 Å². The van der Waals surface area contributed by atoms with Crippen LogP contribution in [0.15, 0.2) is 24.3 Å². The highest BCUT2D eigenvalue weighted by Gasteiger charge is 2.32. The van der Waals surface area contributed by atoms with E-state index in [9.17, 15) is 4.79 Å². The van der Waals surface area contributed by atoms with Crippen molar-refractivity contribution in [1.29, 1.82) is 0 Å². The van der Waals surface area contributed by atoms with Gasteiger partial charge in [-0.05, 0) is 37.3 Å². The summed E-state index contributed by atoms with van der Waals surface area (Å²) in [6.07, 6.45) is 13.1. The molecule has 0 radical (unpaired) electrons. The van der Waals surface area contributed by atoms with Crippen molar-refractivity contribution in [2.24, 2.45) is 0 Å². The molecule has 0 aliphatic carbocycles. The molecular weight excluding hydrogens is 371 g/mol. The number of alkyl halides is 2. The smallest absolute Gasteiger partial charge is 0.340 e. The quantitative estimate of drug-likeness (QED) is 0.259. The van der Waals surface area contributed by atoms with Crippen molar-refractivity contribution in [3.8, 4) is 5.75 Å². The summed E-state index contributed by atoms with van der Waals surface area (Å²) >= 11 is 11.4. The number of carboxylic acid groups (broad SMARTS) is 1. The van der Waals surface area contributed by atoms with E-state index in [1.807, 2.05) is 12.1 Å². The molecule has 0 saturated heterocycles. The van der Waals surface area contributed by atoms with Crippen LogP contribution in [0.4, 0.5) is 0 Å². The van der Waals surface area contributed by atoms with Gasteiger partial charge in [0.1, 0.15) is 5.75 Å². The van der Waals surface area contributed by atoms with Crippen LogP contribution in [0.2, 0.25) is 0 Å². The number of carbonyl (C=O) groups is 1. The summed E-state index contributed by atoms with van der Waals surface area (Å²) in [6.45, 7) is 0. The van der Waals surface area contributed by atoms with Crippen LogP contribution in [-0.4, -0.2) is 22.5 Å². The Bertz CT molecular complexity index is 518. The van der Waals surface area contributed by atoms with E-state index in [-0.39, 0.29) is 0 Å². The second kappa shape index (κ2) is 13.3. The van der Waals surface area contributed by atoms with Gasteiger partial charge in [-0.3, -0.25) is 0 Å². The fourth-order valence-corrected chi connectivity index (χ4v) is 3.36. The van der Waals surface area contributed by atoms with Crippen molar-refractivity contribution >= 4 is 29.2 Å². The van der Waals surface area contributed by atoms with Gasteiger partial charge in [0, 0.05) is 0 Å². The van der Waals surface area contributed by atoms with E-state index in [0.29, 0.717) is 6.42 Å². The lowest BCUT2D eigenvalue weighted by Gasteiger charge is -2.13. The van der Waals surface area contributed by atoms with Gasteiger partial charge >= 0.3 is 5.97 Å². The maximum atomic E-state index is 10.8. The molecule has 0 fully saturated rings. The van der Waals surface area contributed by atoms with E-state index in [1.165, 1.54) is 50.5 Å². The first-order chi connectivity index (χ1) is 12.5. The predicted molar refractivity (Wildman–Crippen MR) is 110 cm³/mol. The number of ether oxygens (including phenoxy) is 1. The van der Waals surface area contributed by atoms with Crippen molar-refractivity contribution in [2.45, 2.75) is 81.4 Å². The lowest BCUT2D eigenvalue weighted by atomic mass is 10.0. The number of aliphatic carboxylic acids is 1. The number of methoxy groups -OCH3 is 1. The fraction of sp³-hybridized carbons (Fsp3) is 0.667. The number of carboxylic acids is 1. The SMILES string of the molecule is COc1ccccc1CCCCCCCCCCCCC(Cl)(Cl)C(=O)O. The summed E-state index contributed by atoms with van der Waals surface area (Å²) in [5, 5.41) is 8.82. The topological polar surface area (TPSA) is 46.5 Å². The van der Waals surface area contributed by atoms with Crippen molar-refractivity contribution in [2.75, 3.05) is 7.11 Å². The average molecular weight is 403 g/mol. The normalized spacial score (nSPS) is 11.5. The Morgan fingerprint density at radius 1 is 0.923 bits per heavy atom. The Morgan fingerprint density at radius 2 is 1.42 bits per heavy atom. The molecule has 0 heterocycles. The zero-order valence-corrected chi connectivity index (χ0v) is 17.3. The van der Waals surface area contributed by atoms with E-state index < -0.39 is 10.3 Å². The first kappa shape index (κ1) is 23.1. The lowest BCUT2D eigenvalue weighted by molar-refractivity contribution is -0.138. The molecule has 1 N–H and O–H groups in total. The summed E-state index contributed by atoms with van der Waals surface area (Å²) in [7, 11) is 1.73. The van der Waals surface area contributed by atoms with Gasteiger partial charge in [-0.15, -0.1) is 0 Å². The second-order valence-electron chi connectivity index (χ2n) is 6.86. The number of unbranched alkanes of at least 4 members (excludes halogenated alkanes) is 9.